The maximum atomic E-state index is 6.30. The molecule has 1 heterocycles. The summed E-state index contributed by atoms with van der Waals surface area (Å²) in [6, 6.07) is 5.83. The second-order valence-electron chi connectivity index (χ2n) is 4.30. The van der Waals surface area contributed by atoms with Crippen LogP contribution in [0.15, 0.2) is 30.0 Å². The van der Waals surface area contributed by atoms with Gasteiger partial charge in [0.1, 0.15) is 0 Å². The van der Waals surface area contributed by atoms with Crippen LogP contribution < -0.4 is 5.32 Å². The molecule has 1 aliphatic heterocycles. The van der Waals surface area contributed by atoms with E-state index < -0.39 is 0 Å². The van der Waals surface area contributed by atoms with Crippen molar-refractivity contribution >= 4 is 23.2 Å². The summed E-state index contributed by atoms with van der Waals surface area (Å²) in [4.78, 5) is 0. The van der Waals surface area contributed by atoms with Crippen molar-refractivity contribution < 1.29 is 4.74 Å². The lowest BCUT2D eigenvalue weighted by Crippen LogP contribution is -2.24. The molecule has 4 heteroatoms. The van der Waals surface area contributed by atoms with Crippen molar-refractivity contribution in [2.75, 3.05) is 13.2 Å². The first kappa shape index (κ1) is 13.7. The van der Waals surface area contributed by atoms with Gasteiger partial charge in [-0.2, -0.15) is 0 Å². The molecular formula is C14H17Cl2NO. The third-order valence-corrected chi connectivity index (χ3v) is 3.87. The van der Waals surface area contributed by atoms with Crippen LogP contribution in [0.2, 0.25) is 10.0 Å². The fraction of sp³-hybridized carbons (Fsp3) is 0.429. The fourth-order valence-electron chi connectivity index (χ4n) is 2.19. The van der Waals surface area contributed by atoms with E-state index in [2.05, 4.69) is 12.2 Å². The van der Waals surface area contributed by atoms with Crippen LogP contribution in [0.5, 0.6) is 0 Å². The molecule has 2 rings (SSSR count). The van der Waals surface area contributed by atoms with Crippen LogP contribution in [0.4, 0.5) is 0 Å². The highest BCUT2D eigenvalue weighted by molar-refractivity contribution is 6.42. The molecule has 0 aromatic heterocycles. The number of halogens is 2. The number of hydrogen-bond acceptors (Lipinski definition) is 2. The van der Waals surface area contributed by atoms with Gasteiger partial charge in [0.25, 0.3) is 0 Å². The molecule has 18 heavy (non-hydrogen) atoms. The summed E-state index contributed by atoms with van der Waals surface area (Å²) in [5, 5.41) is 4.66. The quantitative estimate of drug-likeness (QED) is 0.889. The van der Waals surface area contributed by atoms with Crippen LogP contribution in [0.3, 0.4) is 0 Å². The molecule has 0 fully saturated rings. The van der Waals surface area contributed by atoms with Crippen molar-refractivity contribution in [2.45, 2.75) is 25.8 Å². The molecule has 2 nitrogen and oxygen atoms in total. The van der Waals surface area contributed by atoms with Gasteiger partial charge in [0.2, 0.25) is 0 Å². The fourth-order valence-corrected chi connectivity index (χ4v) is 2.60. The first-order valence-electron chi connectivity index (χ1n) is 6.22. The zero-order chi connectivity index (χ0) is 13.0. The summed E-state index contributed by atoms with van der Waals surface area (Å²) in [5.41, 5.74) is 2.25. The van der Waals surface area contributed by atoms with Gasteiger partial charge in [-0.15, -0.1) is 0 Å². The summed E-state index contributed by atoms with van der Waals surface area (Å²) in [5.74, 6) is 0. The summed E-state index contributed by atoms with van der Waals surface area (Å²) in [6.07, 6.45) is 3.93. The van der Waals surface area contributed by atoms with Gasteiger partial charge in [-0.05, 0) is 36.6 Å². The van der Waals surface area contributed by atoms with Gasteiger partial charge in [-0.1, -0.05) is 42.3 Å². The van der Waals surface area contributed by atoms with Crippen molar-refractivity contribution in [3.8, 4) is 0 Å². The summed E-state index contributed by atoms with van der Waals surface area (Å²) in [7, 11) is 0. The molecule has 0 bridgehead atoms. The van der Waals surface area contributed by atoms with Gasteiger partial charge < -0.3 is 10.1 Å². The minimum atomic E-state index is 0.0847. The third-order valence-electron chi connectivity index (χ3n) is 3.03. The van der Waals surface area contributed by atoms with Crippen molar-refractivity contribution in [2.24, 2.45) is 0 Å². The van der Waals surface area contributed by atoms with Crippen LogP contribution in [0.1, 0.15) is 31.4 Å². The number of benzene rings is 1. The molecule has 1 atom stereocenters. The van der Waals surface area contributed by atoms with Crippen LogP contribution >= 0.6 is 23.2 Å². The Hall–Kier alpha value is -0.700. The highest BCUT2D eigenvalue weighted by Gasteiger charge is 2.21. The average molecular weight is 286 g/mol. The van der Waals surface area contributed by atoms with E-state index in [1.165, 1.54) is 5.57 Å². The largest absolute Gasteiger partial charge is 0.501 e. The molecule has 0 saturated carbocycles. The van der Waals surface area contributed by atoms with Crippen molar-refractivity contribution in [1.29, 1.82) is 0 Å². The van der Waals surface area contributed by atoms with Crippen molar-refractivity contribution in [3.63, 3.8) is 0 Å². The first-order chi connectivity index (χ1) is 8.74. The Bertz CT molecular complexity index is 445. The highest BCUT2D eigenvalue weighted by atomic mass is 35.5. The summed E-state index contributed by atoms with van der Waals surface area (Å²) in [6.45, 7) is 3.74. The van der Waals surface area contributed by atoms with E-state index in [9.17, 15) is 0 Å². The topological polar surface area (TPSA) is 21.3 Å². The molecule has 0 saturated heterocycles. The third kappa shape index (κ3) is 3.00. The smallest absolute Gasteiger partial charge is 0.0876 e. The molecule has 0 aliphatic carbocycles. The summed E-state index contributed by atoms with van der Waals surface area (Å²) >= 11 is 12.4. The average Bonchev–Trinajstić information content (AvgIpc) is 2.41. The van der Waals surface area contributed by atoms with Crippen molar-refractivity contribution in [3.05, 3.63) is 45.6 Å². The zero-order valence-electron chi connectivity index (χ0n) is 10.4. The van der Waals surface area contributed by atoms with Gasteiger partial charge in [0, 0.05) is 0 Å². The molecule has 1 aliphatic rings. The minimum absolute atomic E-state index is 0.0847. The second kappa shape index (κ2) is 6.46. The number of ether oxygens (including phenoxy) is 1. The van der Waals surface area contributed by atoms with Crippen LogP contribution in [0, 0.1) is 0 Å². The van der Waals surface area contributed by atoms with Gasteiger partial charge in [-0.25, -0.2) is 0 Å². The van der Waals surface area contributed by atoms with E-state index in [1.54, 1.807) is 0 Å². The lowest BCUT2D eigenvalue weighted by atomic mass is 9.95. The number of rotatable bonds is 4. The molecule has 1 aromatic rings. The molecular weight excluding hydrogens is 269 g/mol. The van der Waals surface area contributed by atoms with Crippen molar-refractivity contribution in [1.82, 2.24) is 5.32 Å². The Morgan fingerprint density at radius 1 is 1.39 bits per heavy atom. The molecule has 98 valence electrons. The van der Waals surface area contributed by atoms with E-state index in [4.69, 9.17) is 27.9 Å². The molecule has 0 amide bonds. The maximum absolute atomic E-state index is 6.30. The van der Waals surface area contributed by atoms with Gasteiger partial charge in [-0.3, -0.25) is 0 Å². The van der Waals surface area contributed by atoms with E-state index in [-0.39, 0.29) is 6.04 Å². The zero-order valence-corrected chi connectivity index (χ0v) is 11.9. The first-order valence-corrected chi connectivity index (χ1v) is 6.97. The lowest BCUT2D eigenvalue weighted by Gasteiger charge is -2.25. The molecule has 0 radical (unpaired) electrons. The standard InChI is InChI=1S/C14H17Cl2NO/c1-2-17-14(10-5-4-8-18-9-10)11-6-3-7-12(15)13(11)16/h3,6-7,9,14,17H,2,4-5,8H2,1H3. The highest BCUT2D eigenvalue weighted by Crippen LogP contribution is 2.35. The molecule has 1 aromatic carbocycles. The van der Waals surface area contributed by atoms with Crippen LogP contribution in [-0.4, -0.2) is 13.2 Å². The van der Waals surface area contributed by atoms with E-state index >= 15 is 0 Å². The molecule has 0 spiro atoms. The Balaban J connectivity index is 2.34. The van der Waals surface area contributed by atoms with Crippen LogP contribution in [-0.2, 0) is 4.74 Å². The Morgan fingerprint density at radius 3 is 2.89 bits per heavy atom. The normalized spacial score (nSPS) is 16.9. The number of hydrogen-bond donors (Lipinski definition) is 1. The minimum Gasteiger partial charge on any atom is -0.501 e. The van der Waals surface area contributed by atoms with E-state index in [1.807, 2.05) is 24.5 Å². The van der Waals surface area contributed by atoms with E-state index in [0.29, 0.717) is 10.0 Å². The molecule has 1 unspecified atom stereocenters. The number of nitrogens with one attached hydrogen (secondary N) is 1. The Labute approximate surface area is 118 Å². The Morgan fingerprint density at radius 2 is 2.22 bits per heavy atom. The van der Waals surface area contributed by atoms with Gasteiger partial charge >= 0.3 is 0 Å². The predicted molar refractivity (Wildman–Crippen MR) is 76.1 cm³/mol. The second-order valence-corrected chi connectivity index (χ2v) is 5.09. The van der Waals surface area contributed by atoms with E-state index in [0.717, 1.165) is 31.6 Å². The van der Waals surface area contributed by atoms with Gasteiger partial charge in [0.15, 0.2) is 0 Å². The Kier molecular flexibility index (Phi) is 4.93. The van der Waals surface area contributed by atoms with Crippen LogP contribution in [0.25, 0.3) is 0 Å². The SMILES string of the molecule is CCNC(C1=COCCC1)c1cccc(Cl)c1Cl. The lowest BCUT2D eigenvalue weighted by molar-refractivity contribution is 0.219. The van der Waals surface area contributed by atoms with Gasteiger partial charge in [0.05, 0.1) is 29.0 Å². The monoisotopic (exact) mass is 285 g/mol. The summed E-state index contributed by atoms with van der Waals surface area (Å²) < 4.78 is 5.42. The molecule has 1 N–H and O–H groups in total. The number of likely N-dealkylation sites (N-methyl/N-ethyl adjacent to an activating group) is 1. The predicted octanol–water partition coefficient (Wildman–Crippen LogP) is 4.34. The maximum Gasteiger partial charge on any atom is 0.0876 e.